The summed E-state index contributed by atoms with van der Waals surface area (Å²) in [5, 5.41) is 3.81. The average Bonchev–Trinajstić information content (AvgIpc) is 3.15. The molecule has 1 fully saturated rings. The van der Waals surface area contributed by atoms with Crippen LogP contribution in [0.25, 0.3) is 11.3 Å². The van der Waals surface area contributed by atoms with Crippen molar-refractivity contribution in [3.63, 3.8) is 0 Å². The first-order valence-electron chi connectivity index (χ1n) is 8.36. The molecule has 1 aliphatic heterocycles. The second-order valence-corrected chi connectivity index (χ2v) is 7.36. The molecule has 1 aromatic carbocycles. The van der Waals surface area contributed by atoms with Crippen molar-refractivity contribution < 1.29 is 0 Å². The Kier molecular flexibility index (Phi) is 4.97. The van der Waals surface area contributed by atoms with Gasteiger partial charge in [-0.05, 0) is 11.6 Å². The molecule has 6 heteroatoms. The van der Waals surface area contributed by atoms with E-state index in [0.29, 0.717) is 5.15 Å². The van der Waals surface area contributed by atoms with E-state index < -0.39 is 0 Å². The first-order valence-corrected chi connectivity index (χ1v) is 9.62. The third-order valence-corrected chi connectivity index (χ3v) is 5.52. The van der Waals surface area contributed by atoms with Gasteiger partial charge in [0.1, 0.15) is 5.15 Å². The Labute approximate surface area is 156 Å². The van der Waals surface area contributed by atoms with E-state index in [1.165, 1.54) is 11.1 Å². The minimum absolute atomic E-state index is 0.548. The van der Waals surface area contributed by atoms with Gasteiger partial charge in [0.05, 0.1) is 5.69 Å². The van der Waals surface area contributed by atoms with E-state index in [-0.39, 0.29) is 0 Å². The molecule has 3 heterocycles. The van der Waals surface area contributed by atoms with E-state index in [0.717, 1.165) is 43.5 Å². The molecule has 0 bridgehead atoms. The monoisotopic (exact) mass is 370 g/mol. The van der Waals surface area contributed by atoms with Crippen LogP contribution in [0.15, 0.2) is 54.0 Å². The van der Waals surface area contributed by atoms with Crippen LogP contribution in [0, 0.1) is 0 Å². The van der Waals surface area contributed by atoms with E-state index in [1.54, 1.807) is 11.3 Å². The molecule has 0 unspecified atom stereocenters. The van der Waals surface area contributed by atoms with Gasteiger partial charge in [-0.15, -0.1) is 11.3 Å². The van der Waals surface area contributed by atoms with Crippen LogP contribution in [0.1, 0.15) is 5.56 Å². The Morgan fingerprint density at radius 2 is 1.80 bits per heavy atom. The van der Waals surface area contributed by atoms with Gasteiger partial charge < -0.3 is 4.90 Å². The van der Waals surface area contributed by atoms with E-state index in [9.17, 15) is 0 Å². The molecule has 128 valence electrons. The molecule has 1 aliphatic rings. The fraction of sp³-hybridized carbons (Fsp3) is 0.263. The van der Waals surface area contributed by atoms with Gasteiger partial charge in [0.25, 0.3) is 0 Å². The van der Waals surface area contributed by atoms with Crippen LogP contribution in [0.2, 0.25) is 5.15 Å². The quantitative estimate of drug-likeness (QED) is 0.645. The summed E-state index contributed by atoms with van der Waals surface area (Å²) in [6.07, 6.45) is 1.86. The lowest BCUT2D eigenvalue weighted by Crippen LogP contribution is -2.45. The molecule has 2 aromatic heterocycles. The second kappa shape index (κ2) is 7.52. The zero-order chi connectivity index (χ0) is 17.1. The molecule has 4 rings (SSSR count). The highest BCUT2D eigenvalue weighted by Gasteiger charge is 2.19. The zero-order valence-electron chi connectivity index (χ0n) is 13.8. The van der Waals surface area contributed by atoms with Crippen molar-refractivity contribution in [1.29, 1.82) is 0 Å². The van der Waals surface area contributed by atoms with Crippen LogP contribution in [0.4, 0.5) is 5.13 Å². The molecule has 1 saturated heterocycles. The summed E-state index contributed by atoms with van der Waals surface area (Å²) in [7, 11) is 0. The average molecular weight is 371 g/mol. The lowest BCUT2D eigenvalue weighted by atomic mass is 10.2. The van der Waals surface area contributed by atoms with E-state index in [1.807, 2.05) is 18.3 Å². The molecule has 25 heavy (non-hydrogen) atoms. The van der Waals surface area contributed by atoms with Crippen molar-refractivity contribution in [2.45, 2.75) is 6.54 Å². The fourth-order valence-corrected chi connectivity index (χ4v) is 4.01. The highest BCUT2D eigenvalue weighted by Crippen LogP contribution is 2.28. The Morgan fingerprint density at radius 1 is 1.00 bits per heavy atom. The van der Waals surface area contributed by atoms with Gasteiger partial charge in [-0.2, -0.15) is 0 Å². The first-order chi connectivity index (χ1) is 12.3. The van der Waals surface area contributed by atoms with E-state index in [4.69, 9.17) is 16.6 Å². The summed E-state index contributed by atoms with van der Waals surface area (Å²) in [6.45, 7) is 4.99. The smallest absolute Gasteiger partial charge is 0.185 e. The maximum absolute atomic E-state index is 5.85. The predicted octanol–water partition coefficient (Wildman–Crippen LogP) is 4.18. The Balaban J connectivity index is 1.36. The Hall–Kier alpha value is -1.95. The summed E-state index contributed by atoms with van der Waals surface area (Å²) in [4.78, 5) is 13.8. The van der Waals surface area contributed by atoms with Crippen LogP contribution in [0.5, 0.6) is 0 Å². The molecule has 0 radical (unpaired) electrons. The SMILES string of the molecule is Clc1ccc(CN2CCN(c3nc(-c4ccccc4)cs3)CC2)cn1. The van der Waals surface area contributed by atoms with Crippen LogP contribution < -0.4 is 4.90 Å². The molecule has 0 N–H and O–H groups in total. The molecule has 4 nitrogen and oxygen atoms in total. The Morgan fingerprint density at radius 3 is 2.52 bits per heavy atom. The number of hydrogen-bond acceptors (Lipinski definition) is 5. The van der Waals surface area contributed by atoms with Gasteiger partial charge >= 0.3 is 0 Å². The van der Waals surface area contributed by atoms with E-state index in [2.05, 4.69) is 50.5 Å². The maximum Gasteiger partial charge on any atom is 0.185 e. The number of pyridine rings is 1. The summed E-state index contributed by atoms with van der Waals surface area (Å²) >= 11 is 7.58. The van der Waals surface area contributed by atoms with Crippen molar-refractivity contribution in [3.8, 4) is 11.3 Å². The van der Waals surface area contributed by atoms with Crippen LogP contribution >= 0.6 is 22.9 Å². The number of rotatable bonds is 4. The van der Waals surface area contributed by atoms with Crippen molar-refractivity contribution in [2.75, 3.05) is 31.1 Å². The standard InChI is InChI=1S/C19H19ClN4S/c20-18-7-6-15(12-21-18)13-23-8-10-24(11-9-23)19-22-17(14-25-19)16-4-2-1-3-5-16/h1-7,12,14H,8-11,13H2. The number of thiazole rings is 1. The number of aromatic nitrogens is 2. The number of nitrogens with zero attached hydrogens (tertiary/aromatic N) is 4. The highest BCUT2D eigenvalue weighted by molar-refractivity contribution is 7.14. The molecule has 0 saturated carbocycles. The number of piperazine rings is 1. The third kappa shape index (κ3) is 4.00. The minimum atomic E-state index is 0.548. The first kappa shape index (κ1) is 16.5. The van der Waals surface area contributed by atoms with Crippen LogP contribution in [0.3, 0.4) is 0 Å². The summed E-state index contributed by atoms with van der Waals surface area (Å²) in [5.74, 6) is 0. The summed E-state index contributed by atoms with van der Waals surface area (Å²) in [5.41, 5.74) is 3.45. The highest BCUT2D eigenvalue weighted by atomic mass is 35.5. The Bertz CT molecular complexity index is 811. The number of hydrogen-bond donors (Lipinski definition) is 0. The largest absolute Gasteiger partial charge is 0.346 e. The predicted molar refractivity (Wildman–Crippen MR) is 104 cm³/mol. The molecule has 0 aliphatic carbocycles. The molecule has 0 amide bonds. The number of anilines is 1. The molecule has 3 aromatic rings. The lowest BCUT2D eigenvalue weighted by Gasteiger charge is -2.34. The van der Waals surface area contributed by atoms with Gasteiger partial charge in [0, 0.05) is 49.9 Å². The van der Waals surface area contributed by atoms with Crippen LogP contribution in [-0.2, 0) is 6.54 Å². The minimum Gasteiger partial charge on any atom is -0.346 e. The lowest BCUT2D eigenvalue weighted by molar-refractivity contribution is 0.249. The normalized spacial score (nSPS) is 15.5. The van der Waals surface area contributed by atoms with Gasteiger partial charge in [-0.3, -0.25) is 4.90 Å². The molecular formula is C19H19ClN4S. The summed E-state index contributed by atoms with van der Waals surface area (Å²) < 4.78 is 0. The second-order valence-electron chi connectivity index (χ2n) is 6.13. The van der Waals surface area contributed by atoms with Crippen molar-refractivity contribution in [3.05, 3.63) is 64.8 Å². The van der Waals surface area contributed by atoms with Gasteiger partial charge in [0.15, 0.2) is 5.13 Å². The van der Waals surface area contributed by atoms with Crippen LogP contribution in [-0.4, -0.2) is 41.0 Å². The topological polar surface area (TPSA) is 32.3 Å². The van der Waals surface area contributed by atoms with Gasteiger partial charge in [-0.25, -0.2) is 9.97 Å². The van der Waals surface area contributed by atoms with Crippen molar-refractivity contribution in [1.82, 2.24) is 14.9 Å². The fourth-order valence-electron chi connectivity index (χ4n) is 3.01. The molecule has 0 spiro atoms. The van der Waals surface area contributed by atoms with Crippen molar-refractivity contribution in [2.24, 2.45) is 0 Å². The third-order valence-electron chi connectivity index (χ3n) is 4.40. The molecule has 0 atom stereocenters. The van der Waals surface area contributed by atoms with Crippen molar-refractivity contribution >= 4 is 28.1 Å². The number of halogens is 1. The zero-order valence-corrected chi connectivity index (χ0v) is 15.4. The summed E-state index contributed by atoms with van der Waals surface area (Å²) in [6, 6.07) is 14.3. The van der Waals surface area contributed by atoms with Gasteiger partial charge in [-0.1, -0.05) is 48.0 Å². The maximum atomic E-state index is 5.85. The van der Waals surface area contributed by atoms with E-state index >= 15 is 0 Å². The molecular weight excluding hydrogens is 352 g/mol. The number of benzene rings is 1. The van der Waals surface area contributed by atoms with Gasteiger partial charge in [0.2, 0.25) is 0 Å².